The zero-order chi connectivity index (χ0) is 11.5. The number of carbonyl (C=O) groups is 1. The van der Waals surface area contributed by atoms with Crippen molar-refractivity contribution in [2.24, 2.45) is 5.73 Å². The largest absolute Gasteiger partial charge is 0.481 e. The molecule has 0 aromatic heterocycles. The fraction of sp³-hybridized carbons (Fsp3) is 0.417. The van der Waals surface area contributed by atoms with Gasteiger partial charge in [0.25, 0.3) is 0 Å². The summed E-state index contributed by atoms with van der Waals surface area (Å²) in [5.41, 5.74) is 6.11. The van der Waals surface area contributed by atoms with Crippen LogP contribution in [0.1, 0.15) is 25.3 Å². The van der Waals surface area contributed by atoms with E-state index in [9.17, 15) is 4.79 Å². The van der Waals surface area contributed by atoms with Crippen LogP contribution in [0.3, 0.4) is 0 Å². The Kier molecular flexibility index (Phi) is 8.39. The zero-order valence-electron chi connectivity index (χ0n) is 9.15. The molecule has 0 unspecified atom stereocenters. The molecule has 3 heteroatoms. The van der Waals surface area contributed by atoms with Gasteiger partial charge in [0.05, 0.1) is 0 Å². The van der Waals surface area contributed by atoms with Crippen LogP contribution in [0, 0.1) is 0 Å². The number of carboxylic acid groups (broad SMARTS) is 1. The Morgan fingerprint density at radius 1 is 1.33 bits per heavy atom. The molecular formula is C12H19NO2. The normalized spacial score (nSPS) is 8.93. The molecule has 0 bridgehead atoms. The van der Waals surface area contributed by atoms with E-state index in [0.29, 0.717) is 6.42 Å². The van der Waals surface area contributed by atoms with Crippen LogP contribution in [0.5, 0.6) is 0 Å². The van der Waals surface area contributed by atoms with Gasteiger partial charge in [-0.05, 0) is 24.9 Å². The topological polar surface area (TPSA) is 63.3 Å². The minimum atomic E-state index is -0.742. The lowest BCUT2D eigenvalue weighted by molar-refractivity contribution is -0.136. The molecule has 0 atom stereocenters. The third-order valence-corrected chi connectivity index (χ3v) is 1.76. The monoisotopic (exact) mass is 209 g/mol. The van der Waals surface area contributed by atoms with Gasteiger partial charge >= 0.3 is 5.97 Å². The van der Waals surface area contributed by atoms with Gasteiger partial charge in [-0.25, -0.2) is 0 Å². The number of carboxylic acids is 1. The highest BCUT2D eigenvalue weighted by Gasteiger charge is 1.96. The lowest BCUT2D eigenvalue weighted by atomic mass is 10.1. The summed E-state index contributed by atoms with van der Waals surface area (Å²) in [6.45, 7) is 2.88. The molecule has 0 aliphatic heterocycles. The fourth-order valence-electron chi connectivity index (χ4n) is 0.896. The quantitative estimate of drug-likeness (QED) is 0.797. The van der Waals surface area contributed by atoms with Crippen molar-refractivity contribution in [3.8, 4) is 0 Å². The standard InChI is InChI=1S/C9H10O2.C3H9N/c10-9(11)7-6-8-4-2-1-3-5-8;1-2-3-4/h1-5H,6-7H2,(H,10,11);2-4H2,1H3. The number of benzene rings is 1. The lowest BCUT2D eigenvalue weighted by Crippen LogP contribution is -1.96. The van der Waals surface area contributed by atoms with Crippen LogP contribution in [0.2, 0.25) is 0 Å². The molecule has 84 valence electrons. The Hall–Kier alpha value is -1.35. The van der Waals surface area contributed by atoms with E-state index in [2.05, 4.69) is 6.92 Å². The first-order valence-electron chi connectivity index (χ1n) is 5.16. The van der Waals surface area contributed by atoms with E-state index in [1.165, 1.54) is 0 Å². The Balaban J connectivity index is 0.000000423. The SMILES string of the molecule is CCCN.O=C(O)CCc1ccccc1. The van der Waals surface area contributed by atoms with Gasteiger partial charge in [-0.1, -0.05) is 37.3 Å². The molecule has 1 rings (SSSR count). The van der Waals surface area contributed by atoms with Crippen molar-refractivity contribution in [3.63, 3.8) is 0 Å². The van der Waals surface area contributed by atoms with Crippen LogP contribution in [-0.2, 0) is 11.2 Å². The highest BCUT2D eigenvalue weighted by atomic mass is 16.4. The first-order valence-corrected chi connectivity index (χ1v) is 5.16. The molecular weight excluding hydrogens is 190 g/mol. The van der Waals surface area contributed by atoms with Crippen LogP contribution in [0.4, 0.5) is 0 Å². The highest BCUT2D eigenvalue weighted by molar-refractivity contribution is 5.67. The summed E-state index contributed by atoms with van der Waals surface area (Å²) in [4.78, 5) is 10.2. The Morgan fingerprint density at radius 3 is 2.27 bits per heavy atom. The van der Waals surface area contributed by atoms with Gasteiger partial charge < -0.3 is 10.8 Å². The van der Waals surface area contributed by atoms with Gasteiger partial charge in [0.2, 0.25) is 0 Å². The maximum Gasteiger partial charge on any atom is 0.303 e. The molecule has 15 heavy (non-hydrogen) atoms. The predicted octanol–water partition coefficient (Wildman–Crippen LogP) is 2.06. The van der Waals surface area contributed by atoms with Crippen molar-refractivity contribution in [2.45, 2.75) is 26.2 Å². The smallest absolute Gasteiger partial charge is 0.303 e. The van der Waals surface area contributed by atoms with Gasteiger partial charge in [-0.3, -0.25) is 4.79 Å². The minimum Gasteiger partial charge on any atom is -0.481 e. The van der Waals surface area contributed by atoms with E-state index in [1.807, 2.05) is 30.3 Å². The molecule has 0 amide bonds. The molecule has 0 aliphatic rings. The molecule has 0 saturated carbocycles. The second kappa shape index (κ2) is 9.21. The molecule has 0 spiro atoms. The minimum absolute atomic E-state index is 0.212. The van der Waals surface area contributed by atoms with Gasteiger partial charge in [0.15, 0.2) is 0 Å². The Labute approximate surface area is 90.9 Å². The van der Waals surface area contributed by atoms with E-state index < -0.39 is 5.97 Å². The number of nitrogens with two attached hydrogens (primary N) is 1. The molecule has 0 radical (unpaired) electrons. The van der Waals surface area contributed by atoms with Crippen LogP contribution >= 0.6 is 0 Å². The molecule has 0 fully saturated rings. The van der Waals surface area contributed by atoms with Crippen molar-refractivity contribution < 1.29 is 9.90 Å². The fourth-order valence-corrected chi connectivity index (χ4v) is 0.896. The number of rotatable bonds is 4. The summed E-state index contributed by atoms with van der Waals surface area (Å²) in [7, 11) is 0. The summed E-state index contributed by atoms with van der Waals surface area (Å²) in [5, 5.41) is 8.37. The van der Waals surface area contributed by atoms with Crippen LogP contribution in [-0.4, -0.2) is 17.6 Å². The lowest BCUT2D eigenvalue weighted by Gasteiger charge is -1.95. The summed E-state index contributed by atoms with van der Waals surface area (Å²) >= 11 is 0. The third-order valence-electron chi connectivity index (χ3n) is 1.76. The van der Waals surface area contributed by atoms with Gasteiger partial charge in [-0.2, -0.15) is 0 Å². The van der Waals surface area contributed by atoms with E-state index in [-0.39, 0.29) is 6.42 Å². The van der Waals surface area contributed by atoms with E-state index in [4.69, 9.17) is 10.8 Å². The maximum absolute atomic E-state index is 10.2. The van der Waals surface area contributed by atoms with Crippen molar-refractivity contribution in [1.29, 1.82) is 0 Å². The van der Waals surface area contributed by atoms with E-state index in [0.717, 1.165) is 18.5 Å². The average molecular weight is 209 g/mol. The Morgan fingerprint density at radius 2 is 1.87 bits per heavy atom. The zero-order valence-corrected chi connectivity index (χ0v) is 9.15. The van der Waals surface area contributed by atoms with Crippen molar-refractivity contribution in [3.05, 3.63) is 35.9 Å². The number of aryl methyl sites for hydroxylation is 1. The first kappa shape index (κ1) is 13.7. The van der Waals surface area contributed by atoms with Crippen LogP contribution < -0.4 is 5.73 Å². The average Bonchev–Trinajstić information content (AvgIpc) is 2.28. The third kappa shape index (κ3) is 8.97. The molecule has 0 heterocycles. The summed E-state index contributed by atoms with van der Waals surface area (Å²) in [6, 6.07) is 9.62. The van der Waals surface area contributed by atoms with Gasteiger partial charge in [-0.15, -0.1) is 0 Å². The molecule has 3 nitrogen and oxygen atoms in total. The molecule has 1 aromatic rings. The second-order valence-corrected chi connectivity index (χ2v) is 3.17. The number of hydrogen-bond acceptors (Lipinski definition) is 2. The number of aliphatic carboxylic acids is 1. The van der Waals surface area contributed by atoms with E-state index in [1.54, 1.807) is 0 Å². The number of hydrogen-bond donors (Lipinski definition) is 2. The van der Waals surface area contributed by atoms with Crippen molar-refractivity contribution in [1.82, 2.24) is 0 Å². The molecule has 3 N–H and O–H groups in total. The predicted molar refractivity (Wildman–Crippen MR) is 61.7 cm³/mol. The Bertz CT molecular complexity index is 258. The maximum atomic E-state index is 10.2. The second-order valence-electron chi connectivity index (χ2n) is 3.17. The van der Waals surface area contributed by atoms with Gasteiger partial charge in [0, 0.05) is 6.42 Å². The first-order chi connectivity index (χ1) is 7.20. The molecule has 0 aliphatic carbocycles. The highest BCUT2D eigenvalue weighted by Crippen LogP contribution is 2.01. The van der Waals surface area contributed by atoms with Crippen molar-refractivity contribution >= 4 is 5.97 Å². The van der Waals surface area contributed by atoms with E-state index >= 15 is 0 Å². The van der Waals surface area contributed by atoms with Crippen LogP contribution in [0.15, 0.2) is 30.3 Å². The summed E-state index contributed by atoms with van der Waals surface area (Å²) in [6.07, 6.45) is 1.93. The summed E-state index contributed by atoms with van der Waals surface area (Å²) in [5.74, 6) is -0.742. The van der Waals surface area contributed by atoms with Gasteiger partial charge in [0.1, 0.15) is 0 Å². The molecule has 0 saturated heterocycles. The summed E-state index contributed by atoms with van der Waals surface area (Å²) < 4.78 is 0. The van der Waals surface area contributed by atoms with Crippen LogP contribution in [0.25, 0.3) is 0 Å². The van der Waals surface area contributed by atoms with Crippen molar-refractivity contribution in [2.75, 3.05) is 6.54 Å². The molecule has 1 aromatic carbocycles.